The van der Waals surface area contributed by atoms with E-state index in [1.165, 1.54) is 12.1 Å². The van der Waals surface area contributed by atoms with Crippen molar-refractivity contribution in [1.82, 2.24) is 0 Å². The summed E-state index contributed by atoms with van der Waals surface area (Å²) >= 11 is 18.1. The van der Waals surface area contributed by atoms with E-state index in [1.54, 1.807) is 60.7 Å². The van der Waals surface area contributed by atoms with Crippen LogP contribution in [0.15, 0.2) is 83.3 Å². The Hall–Kier alpha value is -3.25. The van der Waals surface area contributed by atoms with E-state index in [4.69, 9.17) is 44.0 Å². The van der Waals surface area contributed by atoms with Crippen LogP contribution in [0, 0.1) is 0 Å². The van der Waals surface area contributed by atoms with Crippen LogP contribution in [0.1, 0.15) is 32.2 Å². The topological polar surface area (TPSA) is 68.5 Å². The van der Waals surface area contributed by atoms with Crippen molar-refractivity contribution >= 4 is 52.2 Å². The van der Waals surface area contributed by atoms with Crippen molar-refractivity contribution in [1.29, 1.82) is 0 Å². The maximum absolute atomic E-state index is 12.9. The molecule has 0 spiro atoms. The molecular formula is C25H16Cl3NO4. The average molecular weight is 501 g/mol. The minimum Gasteiger partial charge on any atom is -0.484 e. The molecule has 1 N–H and O–H groups in total. The number of ketones is 1. The van der Waals surface area contributed by atoms with Crippen LogP contribution in [-0.2, 0) is 6.61 Å². The van der Waals surface area contributed by atoms with E-state index in [9.17, 15) is 9.59 Å². The molecule has 5 nitrogen and oxygen atoms in total. The van der Waals surface area contributed by atoms with Crippen molar-refractivity contribution in [2.24, 2.45) is 0 Å². The predicted molar refractivity (Wildman–Crippen MR) is 129 cm³/mol. The van der Waals surface area contributed by atoms with Gasteiger partial charge in [0.15, 0.2) is 11.5 Å². The number of nitrogens with one attached hydrogen (secondary N) is 1. The Bertz CT molecular complexity index is 1320. The predicted octanol–water partition coefficient (Wildman–Crippen LogP) is 7.30. The van der Waals surface area contributed by atoms with Gasteiger partial charge in [-0.15, -0.1) is 0 Å². The second-order valence-electron chi connectivity index (χ2n) is 6.97. The van der Waals surface area contributed by atoms with E-state index < -0.39 is 5.91 Å². The van der Waals surface area contributed by atoms with Gasteiger partial charge in [-0.05, 0) is 42.5 Å². The number of ether oxygens (including phenoxy) is 1. The van der Waals surface area contributed by atoms with Gasteiger partial charge in [0.2, 0.25) is 0 Å². The second kappa shape index (κ2) is 10.1. The highest BCUT2D eigenvalue weighted by Crippen LogP contribution is 2.29. The quantitative estimate of drug-likeness (QED) is 0.270. The maximum atomic E-state index is 12.9. The number of hydrogen-bond donors (Lipinski definition) is 1. The SMILES string of the molecule is O=C(Nc1ccc(Cl)cc1C(=O)c1ccccc1)c1ccc(COc2cc(Cl)ccc2Cl)o1. The first-order valence-corrected chi connectivity index (χ1v) is 10.9. The smallest absolute Gasteiger partial charge is 0.291 e. The van der Waals surface area contributed by atoms with E-state index in [0.717, 1.165) is 0 Å². The minimum atomic E-state index is -0.522. The summed E-state index contributed by atoms with van der Waals surface area (Å²) in [5.41, 5.74) is 1.07. The first-order valence-electron chi connectivity index (χ1n) is 9.78. The fraction of sp³-hybridized carbons (Fsp3) is 0.0400. The molecule has 0 saturated heterocycles. The third kappa shape index (κ3) is 5.57. The van der Waals surface area contributed by atoms with Crippen LogP contribution >= 0.6 is 34.8 Å². The molecule has 0 aliphatic carbocycles. The molecule has 0 atom stereocenters. The Balaban J connectivity index is 1.49. The van der Waals surface area contributed by atoms with E-state index in [1.807, 2.05) is 6.07 Å². The molecule has 166 valence electrons. The lowest BCUT2D eigenvalue weighted by Crippen LogP contribution is -2.14. The fourth-order valence-electron chi connectivity index (χ4n) is 3.06. The molecule has 1 heterocycles. The van der Waals surface area contributed by atoms with Crippen LogP contribution < -0.4 is 10.1 Å². The molecule has 4 aromatic rings. The van der Waals surface area contributed by atoms with Gasteiger partial charge in [-0.1, -0.05) is 65.1 Å². The Morgan fingerprint density at radius 3 is 2.36 bits per heavy atom. The monoisotopic (exact) mass is 499 g/mol. The second-order valence-corrected chi connectivity index (χ2v) is 8.25. The zero-order valence-electron chi connectivity index (χ0n) is 17.0. The molecule has 3 aromatic carbocycles. The highest BCUT2D eigenvalue weighted by Gasteiger charge is 2.18. The molecule has 33 heavy (non-hydrogen) atoms. The Kier molecular flexibility index (Phi) is 7.04. The van der Waals surface area contributed by atoms with E-state index in [0.29, 0.717) is 37.8 Å². The van der Waals surface area contributed by atoms with Crippen LogP contribution in [0.3, 0.4) is 0 Å². The van der Waals surface area contributed by atoms with Gasteiger partial charge in [-0.3, -0.25) is 9.59 Å². The van der Waals surface area contributed by atoms with Crippen molar-refractivity contribution in [3.63, 3.8) is 0 Å². The van der Waals surface area contributed by atoms with Gasteiger partial charge in [0, 0.05) is 27.2 Å². The zero-order valence-corrected chi connectivity index (χ0v) is 19.2. The lowest BCUT2D eigenvalue weighted by Gasteiger charge is -2.10. The molecule has 4 rings (SSSR count). The maximum Gasteiger partial charge on any atom is 0.291 e. The minimum absolute atomic E-state index is 0.0476. The number of rotatable bonds is 7. The molecule has 0 saturated carbocycles. The van der Waals surface area contributed by atoms with Gasteiger partial charge in [-0.25, -0.2) is 0 Å². The Labute approximate surface area is 204 Å². The van der Waals surface area contributed by atoms with Gasteiger partial charge < -0.3 is 14.5 Å². The van der Waals surface area contributed by atoms with Gasteiger partial charge >= 0.3 is 0 Å². The van der Waals surface area contributed by atoms with Crippen LogP contribution in [0.25, 0.3) is 0 Å². The van der Waals surface area contributed by atoms with Gasteiger partial charge in [0.05, 0.1) is 10.7 Å². The van der Waals surface area contributed by atoms with Gasteiger partial charge in [-0.2, -0.15) is 0 Å². The fourth-order valence-corrected chi connectivity index (χ4v) is 3.56. The highest BCUT2D eigenvalue weighted by atomic mass is 35.5. The summed E-state index contributed by atoms with van der Waals surface area (Å²) in [6.07, 6.45) is 0. The number of carbonyl (C=O) groups excluding carboxylic acids is 2. The summed E-state index contributed by atoms with van der Waals surface area (Å²) in [6, 6.07) is 21.4. The summed E-state index contributed by atoms with van der Waals surface area (Å²) in [7, 11) is 0. The molecule has 1 amide bonds. The lowest BCUT2D eigenvalue weighted by molar-refractivity contribution is 0.0992. The first kappa shape index (κ1) is 22.9. The molecule has 0 unspecified atom stereocenters. The average Bonchev–Trinajstić information content (AvgIpc) is 3.30. The van der Waals surface area contributed by atoms with Crippen molar-refractivity contribution in [3.8, 4) is 5.75 Å². The standard InChI is InChI=1S/C25H16Cl3NO4/c26-16-7-10-21(19(12-16)24(30)15-4-2-1-3-5-15)29-25(31)22-11-8-18(33-22)14-32-23-13-17(27)6-9-20(23)28/h1-13H,14H2,(H,29,31). The lowest BCUT2D eigenvalue weighted by atomic mass is 10.0. The van der Waals surface area contributed by atoms with Gasteiger partial charge in [0.25, 0.3) is 5.91 Å². The molecular weight excluding hydrogens is 485 g/mol. The summed E-state index contributed by atoms with van der Waals surface area (Å²) in [4.78, 5) is 25.7. The number of furan rings is 1. The molecule has 0 aliphatic heterocycles. The Morgan fingerprint density at radius 1 is 0.848 bits per heavy atom. The van der Waals surface area contributed by atoms with Crippen molar-refractivity contribution < 1.29 is 18.7 Å². The van der Waals surface area contributed by atoms with E-state index in [-0.39, 0.29) is 23.7 Å². The van der Waals surface area contributed by atoms with Crippen molar-refractivity contribution in [3.05, 3.63) is 117 Å². The number of benzene rings is 3. The van der Waals surface area contributed by atoms with Gasteiger partial charge in [0.1, 0.15) is 18.1 Å². The molecule has 0 bridgehead atoms. The largest absolute Gasteiger partial charge is 0.484 e. The highest BCUT2D eigenvalue weighted by molar-refractivity contribution is 6.34. The van der Waals surface area contributed by atoms with Crippen LogP contribution in [0.2, 0.25) is 15.1 Å². The van der Waals surface area contributed by atoms with Crippen molar-refractivity contribution in [2.75, 3.05) is 5.32 Å². The number of hydrogen-bond acceptors (Lipinski definition) is 4. The summed E-state index contributed by atoms with van der Waals surface area (Å²) in [5.74, 6) is 0.0790. The number of halogens is 3. The van der Waals surface area contributed by atoms with Crippen LogP contribution in [0.5, 0.6) is 5.75 Å². The van der Waals surface area contributed by atoms with Crippen LogP contribution in [-0.4, -0.2) is 11.7 Å². The van der Waals surface area contributed by atoms with Crippen LogP contribution in [0.4, 0.5) is 5.69 Å². The van der Waals surface area contributed by atoms with Crippen molar-refractivity contribution in [2.45, 2.75) is 6.61 Å². The summed E-state index contributed by atoms with van der Waals surface area (Å²) in [5, 5.41) is 3.98. The zero-order chi connectivity index (χ0) is 23.4. The van der Waals surface area contributed by atoms with E-state index in [2.05, 4.69) is 5.32 Å². The summed E-state index contributed by atoms with van der Waals surface area (Å²) in [6.45, 7) is 0.0476. The first-order chi connectivity index (χ1) is 15.9. The Morgan fingerprint density at radius 2 is 1.58 bits per heavy atom. The third-order valence-electron chi connectivity index (χ3n) is 4.66. The molecule has 0 aliphatic rings. The normalized spacial score (nSPS) is 10.6. The molecule has 0 radical (unpaired) electrons. The number of carbonyl (C=O) groups is 2. The third-order valence-corrected chi connectivity index (χ3v) is 5.44. The number of anilines is 1. The van der Waals surface area contributed by atoms with E-state index >= 15 is 0 Å². The summed E-state index contributed by atoms with van der Waals surface area (Å²) < 4.78 is 11.2. The molecule has 1 aromatic heterocycles. The molecule has 0 fully saturated rings. The molecule has 8 heteroatoms. The number of amides is 1.